The van der Waals surface area contributed by atoms with Gasteiger partial charge in [0.25, 0.3) is 5.91 Å². The van der Waals surface area contributed by atoms with Crippen molar-refractivity contribution in [3.8, 4) is 5.75 Å². The Morgan fingerprint density at radius 1 is 1.35 bits per heavy atom. The molecular formula is C13H16ClNO2. The molecule has 0 spiro atoms. The van der Waals surface area contributed by atoms with Crippen LogP contribution in [0.1, 0.15) is 19.8 Å². The van der Waals surface area contributed by atoms with Crippen molar-refractivity contribution >= 4 is 17.5 Å². The fourth-order valence-corrected chi connectivity index (χ4v) is 2.16. The van der Waals surface area contributed by atoms with Crippen molar-refractivity contribution in [3.05, 3.63) is 29.3 Å². The van der Waals surface area contributed by atoms with E-state index in [4.69, 9.17) is 16.3 Å². The van der Waals surface area contributed by atoms with Gasteiger partial charge in [0, 0.05) is 13.1 Å². The lowest BCUT2D eigenvalue weighted by atomic mass is 10.3. The van der Waals surface area contributed by atoms with Gasteiger partial charge in [0.1, 0.15) is 5.75 Å². The molecule has 0 aromatic heterocycles. The third kappa shape index (κ3) is 2.91. The van der Waals surface area contributed by atoms with Gasteiger partial charge in [0.05, 0.1) is 5.02 Å². The van der Waals surface area contributed by atoms with Gasteiger partial charge >= 0.3 is 0 Å². The van der Waals surface area contributed by atoms with Gasteiger partial charge in [-0.2, -0.15) is 0 Å². The minimum atomic E-state index is -0.479. The van der Waals surface area contributed by atoms with Gasteiger partial charge < -0.3 is 9.64 Å². The second kappa shape index (κ2) is 5.41. The van der Waals surface area contributed by atoms with E-state index in [2.05, 4.69) is 0 Å². The molecular weight excluding hydrogens is 238 g/mol. The van der Waals surface area contributed by atoms with Gasteiger partial charge in [0.2, 0.25) is 0 Å². The van der Waals surface area contributed by atoms with Gasteiger partial charge in [-0.15, -0.1) is 0 Å². The molecule has 3 nitrogen and oxygen atoms in total. The standard InChI is InChI=1S/C13H16ClNO2/c1-10(13(16)15-8-4-5-9-15)17-12-7-3-2-6-11(12)14/h2-3,6-7,10H,4-5,8-9H2,1H3/t10-/m1/s1. The predicted molar refractivity (Wildman–Crippen MR) is 67.4 cm³/mol. The molecule has 1 atom stereocenters. The molecule has 92 valence electrons. The number of rotatable bonds is 3. The van der Waals surface area contributed by atoms with Crippen molar-refractivity contribution in [2.24, 2.45) is 0 Å². The SMILES string of the molecule is C[C@@H](Oc1ccccc1Cl)C(=O)N1CCCC1. The van der Waals surface area contributed by atoms with E-state index in [-0.39, 0.29) is 5.91 Å². The number of benzene rings is 1. The molecule has 1 fully saturated rings. The summed E-state index contributed by atoms with van der Waals surface area (Å²) in [6, 6.07) is 7.20. The van der Waals surface area contributed by atoms with E-state index in [1.807, 2.05) is 17.0 Å². The number of para-hydroxylation sites is 1. The number of hydrogen-bond donors (Lipinski definition) is 0. The molecule has 0 bridgehead atoms. The van der Waals surface area contributed by atoms with Crippen LogP contribution in [0, 0.1) is 0 Å². The Morgan fingerprint density at radius 2 is 2.00 bits per heavy atom. The third-order valence-electron chi connectivity index (χ3n) is 2.91. The van der Waals surface area contributed by atoms with Gasteiger partial charge in [-0.25, -0.2) is 0 Å². The Kier molecular flexibility index (Phi) is 3.89. The average Bonchev–Trinajstić information content (AvgIpc) is 2.84. The summed E-state index contributed by atoms with van der Waals surface area (Å²) in [7, 11) is 0. The van der Waals surface area contributed by atoms with E-state index in [1.54, 1.807) is 19.1 Å². The number of carbonyl (C=O) groups excluding carboxylic acids is 1. The fraction of sp³-hybridized carbons (Fsp3) is 0.462. The summed E-state index contributed by atoms with van der Waals surface area (Å²) >= 11 is 5.98. The largest absolute Gasteiger partial charge is 0.479 e. The summed E-state index contributed by atoms with van der Waals surface area (Å²) in [5.41, 5.74) is 0. The molecule has 1 aliphatic rings. The molecule has 1 saturated heterocycles. The zero-order valence-electron chi connectivity index (χ0n) is 9.86. The number of nitrogens with zero attached hydrogens (tertiary/aromatic N) is 1. The maximum atomic E-state index is 12.0. The Hall–Kier alpha value is -1.22. The first-order valence-corrected chi connectivity index (χ1v) is 6.26. The molecule has 2 rings (SSSR count). The number of likely N-dealkylation sites (tertiary alicyclic amines) is 1. The van der Waals surface area contributed by atoms with E-state index >= 15 is 0 Å². The van der Waals surface area contributed by atoms with Gasteiger partial charge in [-0.3, -0.25) is 4.79 Å². The van der Waals surface area contributed by atoms with Crippen molar-refractivity contribution in [2.45, 2.75) is 25.9 Å². The van der Waals surface area contributed by atoms with Crippen molar-refractivity contribution in [2.75, 3.05) is 13.1 Å². The maximum absolute atomic E-state index is 12.0. The summed E-state index contributed by atoms with van der Waals surface area (Å²) in [6.07, 6.45) is 1.70. The zero-order valence-corrected chi connectivity index (χ0v) is 10.6. The zero-order chi connectivity index (χ0) is 12.3. The van der Waals surface area contributed by atoms with Crippen molar-refractivity contribution in [1.29, 1.82) is 0 Å². The average molecular weight is 254 g/mol. The molecule has 17 heavy (non-hydrogen) atoms. The van der Waals surface area contributed by atoms with E-state index in [9.17, 15) is 4.79 Å². The summed E-state index contributed by atoms with van der Waals surface area (Å²) < 4.78 is 5.60. The highest BCUT2D eigenvalue weighted by Crippen LogP contribution is 2.24. The molecule has 1 heterocycles. The monoisotopic (exact) mass is 253 g/mol. The van der Waals surface area contributed by atoms with E-state index < -0.39 is 6.10 Å². The Morgan fingerprint density at radius 3 is 2.65 bits per heavy atom. The third-order valence-corrected chi connectivity index (χ3v) is 3.22. The van der Waals surface area contributed by atoms with Crippen LogP contribution in [0.3, 0.4) is 0 Å². The predicted octanol–water partition coefficient (Wildman–Crippen LogP) is 2.73. The molecule has 1 aromatic carbocycles. The normalized spacial score (nSPS) is 16.9. The second-order valence-corrected chi connectivity index (χ2v) is 4.63. The van der Waals surface area contributed by atoms with Gasteiger partial charge in [0.15, 0.2) is 6.10 Å². The quantitative estimate of drug-likeness (QED) is 0.829. The number of halogens is 1. The Bertz CT molecular complexity index is 402. The van der Waals surface area contributed by atoms with E-state index in [1.165, 1.54) is 0 Å². The van der Waals surface area contributed by atoms with Crippen LogP contribution < -0.4 is 4.74 Å². The second-order valence-electron chi connectivity index (χ2n) is 4.22. The molecule has 4 heteroatoms. The number of amides is 1. The Balaban J connectivity index is 1.99. The minimum absolute atomic E-state index is 0.0439. The van der Waals surface area contributed by atoms with Crippen LogP contribution in [0.25, 0.3) is 0 Å². The first kappa shape index (κ1) is 12.2. The lowest BCUT2D eigenvalue weighted by Crippen LogP contribution is -2.38. The van der Waals surface area contributed by atoms with Gasteiger partial charge in [-0.1, -0.05) is 23.7 Å². The minimum Gasteiger partial charge on any atom is -0.479 e. The molecule has 0 N–H and O–H groups in total. The number of carbonyl (C=O) groups is 1. The molecule has 0 aliphatic carbocycles. The van der Waals surface area contributed by atoms with Crippen LogP contribution in [0.2, 0.25) is 5.02 Å². The van der Waals surface area contributed by atoms with Crippen LogP contribution in [0.5, 0.6) is 5.75 Å². The smallest absolute Gasteiger partial charge is 0.263 e. The van der Waals surface area contributed by atoms with Crippen LogP contribution in [-0.2, 0) is 4.79 Å². The molecule has 1 amide bonds. The summed E-state index contributed by atoms with van der Waals surface area (Å²) in [5.74, 6) is 0.608. The fourth-order valence-electron chi connectivity index (χ4n) is 1.98. The maximum Gasteiger partial charge on any atom is 0.263 e. The van der Waals surface area contributed by atoms with E-state index in [0.717, 1.165) is 25.9 Å². The van der Waals surface area contributed by atoms with Crippen LogP contribution >= 0.6 is 11.6 Å². The van der Waals surface area contributed by atoms with E-state index in [0.29, 0.717) is 10.8 Å². The van der Waals surface area contributed by atoms with Crippen molar-refractivity contribution in [1.82, 2.24) is 4.90 Å². The lowest BCUT2D eigenvalue weighted by molar-refractivity contribution is -0.136. The summed E-state index contributed by atoms with van der Waals surface area (Å²) in [4.78, 5) is 13.9. The van der Waals surface area contributed by atoms with Crippen molar-refractivity contribution < 1.29 is 9.53 Å². The lowest BCUT2D eigenvalue weighted by Gasteiger charge is -2.21. The first-order chi connectivity index (χ1) is 8.18. The van der Waals surface area contributed by atoms with Crippen LogP contribution in [-0.4, -0.2) is 30.0 Å². The Labute approximate surface area is 106 Å². The highest BCUT2D eigenvalue weighted by Gasteiger charge is 2.24. The molecule has 0 radical (unpaired) electrons. The highest BCUT2D eigenvalue weighted by atomic mass is 35.5. The highest BCUT2D eigenvalue weighted by molar-refractivity contribution is 6.32. The molecule has 0 saturated carbocycles. The van der Waals surface area contributed by atoms with Crippen molar-refractivity contribution in [3.63, 3.8) is 0 Å². The number of ether oxygens (including phenoxy) is 1. The molecule has 0 unspecified atom stereocenters. The first-order valence-electron chi connectivity index (χ1n) is 5.88. The summed E-state index contributed by atoms with van der Waals surface area (Å²) in [5, 5.41) is 0.536. The van der Waals surface area contributed by atoms with Crippen LogP contribution in [0.4, 0.5) is 0 Å². The molecule has 1 aliphatic heterocycles. The van der Waals surface area contributed by atoms with Gasteiger partial charge in [-0.05, 0) is 31.9 Å². The number of hydrogen-bond acceptors (Lipinski definition) is 2. The molecule has 1 aromatic rings. The summed E-state index contributed by atoms with van der Waals surface area (Å²) in [6.45, 7) is 3.45. The van der Waals surface area contributed by atoms with Crippen LogP contribution in [0.15, 0.2) is 24.3 Å². The topological polar surface area (TPSA) is 29.5 Å².